The molecule has 0 spiro atoms. The highest BCUT2D eigenvalue weighted by Crippen LogP contribution is 2.27. The highest BCUT2D eigenvalue weighted by atomic mass is 16.2. The van der Waals surface area contributed by atoms with Crippen molar-refractivity contribution in [3.63, 3.8) is 0 Å². The van der Waals surface area contributed by atoms with Gasteiger partial charge in [-0.25, -0.2) is 0 Å². The molecule has 0 unspecified atom stereocenters. The minimum absolute atomic E-state index is 0.00495. The van der Waals surface area contributed by atoms with E-state index in [4.69, 9.17) is 5.73 Å². The highest BCUT2D eigenvalue weighted by Gasteiger charge is 2.36. The van der Waals surface area contributed by atoms with Crippen LogP contribution in [-0.2, 0) is 17.9 Å². The molecular weight excluding hydrogens is 250 g/mol. The lowest BCUT2D eigenvalue weighted by molar-refractivity contribution is -0.126. The molecule has 0 aliphatic heterocycles. The fourth-order valence-corrected chi connectivity index (χ4v) is 2.81. The number of hydrogen-bond acceptors (Lipinski definition) is 3. The van der Waals surface area contributed by atoms with Crippen LogP contribution in [0.2, 0.25) is 0 Å². The van der Waals surface area contributed by atoms with E-state index >= 15 is 0 Å². The lowest BCUT2D eigenvalue weighted by atomic mass is 9.98. The molecule has 2 rings (SSSR count). The van der Waals surface area contributed by atoms with Gasteiger partial charge < -0.3 is 16.0 Å². The lowest BCUT2D eigenvalue weighted by Gasteiger charge is -2.23. The summed E-state index contributed by atoms with van der Waals surface area (Å²) in [7, 11) is 4.09. The maximum Gasteiger partial charge on any atom is 0.240 e. The van der Waals surface area contributed by atoms with Gasteiger partial charge in [0.15, 0.2) is 0 Å². The van der Waals surface area contributed by atoms with E-state index in [1.807, 2.05) is 26.2 Å². The fraction of sp³-hybridized carbons (Fsp3) is 0.562. The van der Waals surface area contributed by atoms with E-state index in [2.05, 4.69) is 22.3 Å². The SMILES string of the molecule is CN(C)Cc1ccccc1CNC(=O)C1(N)CCCC1. The molecule has 1 amide bonds. The van der Waals surface area contributed by atoms with Crippen molar-refractivity contribution in [1.29, 1.82) is 0 Å². The average molecular weight is 275 g/mol. The molecule has 0 bridgehead atoms. The first-order valence-corrected chi connectivity index (χ1v) is 7.30. The number of nitrogens with one attached hydrogen (secondary N) is 1. The van der Waals surface area contributed by atoms with Crippen LogP contribution in [0.5, 0.6) is 0 Å². The van der Waals surface area contributed by atoms with Crippen LogP contribution in [0.4, 0.5) is 0 Å². The zero-order chi connectivity index (χ0) is 14.6. The summed E-state index contributed by atoms with van der Waals surface area (Å²) < 4.78 is 0. The number of amides is 1. The van der Waals surface area contributed by atoms with Crippen molar-refractivity contribution in [2.24, 2.45) is 5.73 Å². The molecular formula is C16H25N3O. The van der Waals surface area contributed by atoms with Crippen LogP contribution in [0.3, 0.4) is 0 Å². The molecule has 0 saturated heterocycles. The summed E-state index contributed by atoms with van der Waals surface area (Å²) in [5, 5.41) is 3.01. The average Bonchev–Trinajstić information content (AvgIpc) is 2.85. The van der Waals surface area contributed by atoms with E-state index in [0.717, 1.165) is 37.8 Å². The summed E-state index contributed by atoms with van der Waals surface area (Å²) in [6.07, 6.45) is 3.72. The fourth-order valence-electron chi connectivity index (χ4n) is 2.81. The largest absolute Gasteiger partial charge is 0.350 e. The molecule has 3 N–H and O–H groups in total. The van der Waals surface area contributed by atoms with Crippen LogP contribution >= 0.6 is 0 Å². The highest BCUT2D eigenvalue weighted by molar-refractivity contribution is 5.86. The Labute approximate surface area is 121 Å². The third kappa shape index (κ3) is 3.58. The minimum atomic E-state index is -0.642. The number of hydrogen-bond donors (Lipinski definition) is 2. The van der Waals surface area contributed by atoms with Crippen LogP contribution in [0.1, 0.15) is 36.8 Å². The van der Waals surface area contributed by atoms with E-state index in [1.54, 1.807) is 0 Å². The van der Waals surface area contributed by atoms with Gasteiger partial charge >= 0.3 is 0 Å². The molecule has 4 nitrogen and oxygen atoms in total. The van der Waals surface area contributed by atoms with Gasteiger partial charge in [-0.05, 0) is 38.1 Å². The van der Waals surface area contributed by atoms with Gasteiger partial charge in [-0.1, -0.05) is 37.1 Å². The standard InChI is InChI=1S/C16H25N3O/c1-19(2)12-14-8-4-3-7-13(14)11-18-15(20)16(17)9-5-6-10-16/h3-4,7-8H,5-6,9-12,17H2,1-2H3,(H,18,20). The van der Waals surface area contributed by atoms with Gasteiger partial charge in [-0.2, -0.15) is 0 Å². The van der Waals surface area contributed by atoms with E-state index in [1.165, 1.54) is 5.56 Å². The zero-order valence-corrected chi connectivity index (χ0v) is 12.5. The normalized spacial score (nSPS) is 17.4. The molecule has 4 heteroatoms. The quantitative estimate of drug-likeness (QED) is 0.859. The predicted octanol–water partition coefficient (Wildman–Crippen LogP) is 1.64. The van der Waals surface area contributed by atoms with Crippen molar-refractivity contribution >= 4 is 5.91 Å². The summed E-state index contributed by atoms with van der Waals surface area (Å²) in [5.74, 6) is -0.00495. The number of rotatable bonds is 5. The van der Waals surface area contributed by atoms with Crippen LogP contribution in [0, 0.1) is 0 Å². The predicted molar refractivity (Wildman–Crippen MR) is 81.1 cm³/mol. The Balaban J connectivity index is 1.98. The monoisotopic (exact) mass is 275 g/mol. The number of carbonyl (C=O) groups excluding carboxylic acids is 1. The Morgan fingerprint density at radius 1 is 1.25 bits per heavy atom. The van der Waals surface area contributed by atoms with Crippen LogP contribution < -0.4 is 11.1 Å². The van der Waals surface area contributed by atoms with Crippen molar-refractivity contribution < 1.29 is 4.79 Å². The van der Waals surface area contributed by atoms with E-state index < -0.39 is 5.54 Å². The molecule has 1 aromatic rings. The second-order valence-corrected chi connectivity index (χ2v) is 6.05. The third-order valence-corrected chi connectivity index (χ3v) is 3.99. The van der Waals surface area contributed by atoms with Gasteiger partial charge in [0.2, 0.25) is 5.91 Å². The number of nitrogens with zero attached hydrogens (tertiary/aromatic N) is 1. The third-order valence-electron chi connectivity index (χ3n) is 3.99. The Morgan fingerprint density at radius 2 is 1.85 bits per heavy atom. The Kier molecular flexibility index (Phi) is 4.78. The lowest BCUT2D eigenvalue weighted by Crippen LogP contribution is -2.51. The Morgan fingerprint density at radius 3 is 2.45 bits per heavy atom. The first-order chi connectivity index (χ1) is 9.51. The Bertz CT molecular complexity index is 465. The second-order valence-electron chi connectivity index (χ2n) is 6.05. The summed E-state index contributed by atoms with van der Waals surface area (Å²) in [6.45, 7) is 1.43. The Hall–Kier alpha value is -1.39. The molecule has 1 saturated carbocycles. The summed E-state index contributed by atoms with van der Waals surface area (Å²) in [4.78, 5) is 14.4. The molecule has 20 heavy (non-hydrogen) atoms. The summed E-state index contributed by atoms with van der Waals surface area (Å²) in [6, 6.07) is 8.21. The molecule has 0 aromatic heterocycles. The van der Waals surface area contributed by atoms with Gasteiger partial charge in [-0.3, -0.25) is 4.79 Å². The topological polar surface area (TPSA) is 58.4 Å². The van der Waals surface area contributed by atoms with Crippen molar-refractivity contribution in [3.8, 4) is 0 Å². The van der Waals surface area contributed by atoms with Crippen molar-refractivity contribution in [2.75, 3.05) is 14.1 Å². The molecule has 1 aliphatic carbocycles. The van der Waals surface area contributed by atoms with Gasteiger partial charge in [0.1, 0.15) is 0 Å². The van der Waals surface area contributed by atoms with E-state index in [0.29, 0.717) is 6.54 Å². The van der Waals surface area contributed by atoms with E-state index in [-0.39, 0.29) is 5.91 Å². The number of nitrogens with two attached hydrogens (primary N) is 1. The zero-order valence-electron chi connectivity index (χ0n) is 12.5. The number of benzene rings is 1. The second kappa shape index (κ2) is 6.37. The molecule has 0 radical (unpaired) electrons. The molecule has 0 heterocycles. The maximum absolute atomic E-state index is 12.2. The molecule has 1 fully saturated rings. The van der Waals surface area contributed by atoms with Crippen molar-refractivity contribution in [3.05, 3.63) is 35.4 Å². The van der Waals surface area contributed by atoms with Gasteiger partial charge in [0.05, 0.1) is 5.54 Å². The minimum Gasteiger partial charge on any atom is -0.350 e. The molecule has 1 aliphatic rings. The van der Waals surface area contributed by atoms with Gasteiger partial charge in [-0.15, -0.1) is 0 Å². The van der Waals surface area contributed by atoms with Crippen LogP contribution in [0.25, 0.3) is 0 Å². The smallest absolute Gasteiger partial charge is 0.240 e. The first kappa shape index (κ1) is 15.0. The summed E-state index contributed by atoms with van der Waals surface area (Å²) in [5.41, 5.74) is 7.93. The van der Waals surface area contributed by atoms with Gasteiger partial charge in [0, 0.05) is 13.1 Å². The van der Waals surface area contributed by atoms with Crippen molar-refractivity contribution in [2.45, 2.75) is 44.3 Å². The van der Waals surface area contributed by atoms with Crippen LogP contribution in [-0.4, -0.2) is 30.4 Å². The molecule has 1 aromatic carbocycles. The number of carbonyl (C=O) groups is 1. The van der Waals surface area contributed by atoms with E-state index in [9.17, 15) is 4.79 Å². The maximum atomic E-state index is 12.2. The molecule has 110 valence electrons. The summed E-state index contributed by atoms with van der Waals surface area (Å²) >= 11 is 0. The first-order valence-electron chi connectivity index (χ1n) is 7.30. The molecule has 0 atom stereocenters. The van der Waals surface area contributed by atoms with Crippen LogP contribution in [0.15, 0.2) is 24.3 Å². The van der Waals surface area contributed by atoms with Gasteiger partial charge in [0.25, 0.3) is 0 Å². The van der Waals surface area contributed by atoms with Crippen molar-refractivity contribution in [1.82, 2.24) is 10.2 Å².